The molecular weight excluding hydrogens is 368 g/mol. The highest BCUT2D eigenvalue weighted by Crippen LogP contribution is 2.32. The Morgan fingerprint density at radius 2 is 2.04 bits per heavy atom. The second kappa shape index (κ2) is 7.88. The van der Waals surface area contributed by atoms with Crippen LogP contribution in [-0.2, 0) is 9.59 Å². The number of rotatable bonds is 5. The summed E-state index contributed by atoms with van der Waals surface area (Å²) in [6, 6.07) is 11.3. The third kappa shape index (κ3) is 4.23. The summed E-state index contributed by atoms with van der Waals surface area (Å²) in [4.78, 5) is 39.0. The zero-order valence-corrected chi connectivity index (χ0v) is 16.0. The lowest BCUT2D eigenvalue weighted by Gasteiger charge is -2.13. The smallest absolute Gasteiger partial charge is 0.294 e. The lowest BCUT2D eigenvalue weighted by molar-refractivity contribution is -0.127. The van der Waals surface area contributed by atoms with E-state index in [1.165, 1.54) is 11.3 Å². The Morgan fingerprint density at radius 3 is 2.73 bits per heavy atom. The van der Waals surface area contributed by atoms with Gasteiger partial charge in [-0.1, -0.05) is 32.0 Å². The van der Waals surface area contributed by atoms with Gasteiger partial charge in [0.05, 0.1) is 4.91 Å². The van der Waals surface area contributed by atoms with Crippen LogP contribution in [0.3, 0.4) is 0 Å². The monoisotopic (exact) mass is 386 g/mol. The Morgan fingerprint density at radius 1 is 1.23 bits per heavy atom. The number of hydrogen-bond donors (Lipinski definition) is 1. The molecular formula is C19H18N2O3S2. The summed E-state index contributed by atoms with van der Waals surface area (Å²) >= 11 is 2.34. The maximum Gasteiger partial charge on any atom is 0.294 e. The van der Waals surface area contributed by atoms with E-state index in [2.05, 4.69) is 19.2 Å². The Bertz CT molecular complexity index is 873. The average molecular weight is 386 g/mol. The topological polar surface area (TPSA) is 66.5 Å². The molecule has 1 aromatic carbocycles. The van der Waals surface area contributed by atoms with Crippen LogP contribution in [0.4, 0.5) is 10.5 Å². The molecule has 3 rings (SSSR count). The van der Waals surface area contributed by atoms with Crippen LogP contribution in [0.15, 0.2) is 46.7 Å². The van der Waals surface area contributed by atoms with Crippen LogP contribution in [0, 0.1) is 0 Å². The van der Waals surface area contributed by atoms with Gasteiger partial charge in [0.15, 0.2) is 0 Å². The molecule has 0 spiro atoms. The van der Waals surface area contributed by atoms with Crippen molar-refractivity contribution in [2.45, 2.75) is 19.8 Å². The summed E-state index contributed by atoms with van der Waals surface area (Å²) in [5.74, 6) is -0.486. The van der Waals surface area contributed by atoms with Crippen molar-refractivity contribution in [3.8, 4) is 0 Å². The molecule has 26 heavy (non-hydrogen) atoms. The fourth-order valence-corrected chi connectivity index (χ4v) is 4.02. The lowest BCUT2D eigenvalue weighted by atomic mass is 10.0. The predicted molar refractivity (Wildman–Crippen MR) is 106 cm³/mol. The molecule has 134 valence electrons. The first-order valence-electron chi connectivity index (χ1n) is 8.12. The quantitative estimate of drug-likeness (QED) is 0.766. The molecule has 0 radical (unpaired) electrons. The van der Waals surface area contributed by atoms with Crippen LogP contribution >= 0.6 is 23.1 Å². The molecule has 0 bridgehead atoms. The molecule has 3 amide bonds. The molecule has 2 heterocycles. The molecule has 7 heteroatoms. The molecule has 1 aliphatic heterocycles. The molecule has 1 N–H and O–H groups in total. The minimum atomic E-state index is -0.431. The minimum Gasteiger partial charge on any atom is -0.325 e. The van der Waals surface area contributed by atoms with Crippen molar-refractivity contribution in [3.63, 3.8) is 0 Å². The fraction of sp³-hybridized carbons (Fsp3) is 0.211. The fourth-order valence-electron chi connectivity index (χ4n) is 2.46. The number of benzene rings is 1. The van der Waals surface area contributed by atoms with Crippen molar-refractivity contribution in [2.75, 3.05) is 11.9 Å². The van der Waals surface area contributed by atoms with Crippen LogP contribution in [0.25, 0.3) is 6.08 Å². The highest BCUT2D eigenvalue weighted by atomic mass is 32.2. The maximum atomic E-state index is 12.4. The number of amides is 3. The molecule has 0 atom stereocenters. The number of hydrogen-bond acceptors (Lipinski definition) is 5. The first-order valence-corrected chi connectivity index (χ1v) is 9.82. The molecule has 1 fully saturated rings. The van der Waals surface area contributed by atoms with Crippen molar-refractivity contribution in [2.24, 2.45) is 0 Å². The Labute approximate surface area is 160 Å². The molecule has 5 nitrogen and oxygen atoms in total. The third-order valence-electron chi connectivity index (χ3n) is 3.83. The Balaban J connectivity index is 1.67. The highest BCUT2D eigenvalue weighted by molar-refractivity contribution is 8.18. The van der Waals surface area contributed by atoms with Gasteiger partial charge in [0.25, 0.3) is 11.1 Å². The zero-order chi connectivity index (χ0) is 18.7. The number of carbonyl (C=O) groups excluding carboxylic acids is 3. The SMILES string of the molecule is CC(C)c1cccc(NC(=O)CN2C(=O)S/C(=C\c3cccs3)C2=O)c1. The Kier molecular flexibility index (Phi) is 5.58. The third-order valence-corrected chi connectivity index (χ3v) is 5.56. The van der Waals surface area contributed by atoms with Crippen molar-refractivity contribution in [1.82, 2.24) is 4.90 Å². The van der Waals surface area contributed by atoms with Gasteiger partial charge in [-0.05, 0) is 52.9 Å². The number of anilines is 1. The van der Waals surface area contributed by atoms with E-state index in [9.17, 15) is 14.4 Å². The van der Waals surface area contributed by atoms with Gasteiger partial charge in [-0.15, -0.1) is 11.3 Å². The molecule has 1 aromatic heterocycles. The summed E-state index contributed by atoms with van der Waals surface area (Å²) in [6.07, 6.45) is 1.68. The van der Waals surface area contributed by atoms with Gasteiger partial charge in [-0.3, -0.25) is 19.3 Å². The molecule has 0 saturated carbocycles. The van der Waals surface area contributed by atoms with E-state index in [1.807, 2.05) is 35.7 Å². The Hall–Kier alpha value is -2.38. The molecule has 2 aromatic rings. The predicted octanol–water partition coefficient (Wildman–Crippen LogP) is 4.55. The second-order valence-electron chi connectivity index (χ2n) is 6.11. The number of nitrogens with one attached hydrogen (secondary N) is 1. The van der Waals surface area contributed by atoms with Gasteiger partial charge >= 0.3 is 0 Å². The number of thioether (sulfide) groups is 1. The van der Waals surface area contributed by atoms with E-state index in [1.54, 1.807) is 12.1 Å². The summed E-state index contributed by atoms with van der Waals surface area (Å²) in [7, 11) is 0. The summed E-state index contributed by atoms with van der Waals surface area (Å²) in [6.45, 7) is 3.85. The molecule has 1 saturated heterocycles. The standard InChI is InChI=1S/C19H18N2O3S2/c1-12(2)13-5-3-6-14(9-13)20-17(22)11-21-18(23)16(26-19(21)24)10-15-7-4-8-25-15/h3-10,12H,11H2,1-2H3,(H,20,22)/b16-10-. The van der Waals surface area contributed by atoms with Crippen LogP contribution in [0.2, 0.25) is 0 Å². The van der Waals surface area contributed by atoms with E-state index in [0.29, 0.717) is 16.5 Å². The molecule has 0 aliphatic carbocycles. The first-order chi connectivity index (χ1) is 12.4. The molecule has 1 aliphatic rings. The van der Waals surface area contributed by atoms with Crippen molar-refractivity contribution in [1.29, 1.82) is 0 Å². The molecule has 0 unspecified atom stereocenters. The number of thiophene rings is 1. The van der Waals surface area contributed by atoms with Crippen LogP contribution < -0.4 is 5.32 Å². The maximum absolute atomic E-state index is 12.4. The normalized spacial score (nSPS) is 16.0. The lowest BCUT2D eigenvalue weighted by Crippen LogP contribution is -2.36. The average Bonchev–Trinajstić information content (AvgIpc) is 3.19. The van der Waals surface area contributed by atoms with Gasteiger partial charge in [0, 0.05) is 10.6 Å². The van der Waals surface area contributed by atoms with Gasteiger partial charge in [-0.25, -0.2) is 0 Å². The summed E-state index contributed by atoms with van der Waals surface area (Å²) in [5.41, 5.74) is 1.76. The van der Waals surface area contributed by atoms with Gasteiger partial charge in [-0.2, -0.15) is 0 Å². The van der Waals surface area contributed by atoms with Crippen LogP contribution in [0.1, 0.15) is 30.2 Å². The number of imide groups is 1. The minimum absolute atomic E-state index is 0.293. The number of carbonyl (C=O) groups is 3. The highest BCUT2D eigenvalue weighted by Gasteiger charge is 2.36. The zero-order valence-electron chi connectivity index (χ0n) is 14.4. The van der Waals surface area contributed by atoms with E-state index < -0.39 is 17.1 Å². The summed E-state index contributed by atoms with van der Waals surface area (Å²) < 4.78 is 0. The van der Waals surface area contributed by atoms with E-state index in [4.69, 9.17) is 0 Å². The first kappa shape index (κ1) is 18.4. The number of nitrogens with zero attached hydrogens (tertiary/aromatic N) is 1. The van der Waals surface area contributed by atoms with Crippen molar-refractivity contribution in [3.05, 3.63) is 57.1 Å². The van der Waals surface area contributed by atoms with Gasteiger partial charge in [0.1, 0.15) is 6.54 Å². The van der Waals surface area contributed by atoms with Crippen LogP contribution in [0.5, 0.6) is 0 Å². The van der Waals surface area contributed by atoms with Crippen molar-refractivity contribution >= 4 is 51.9 Å². The van der Waals surface area contributed by atoms with Gasteiger partial charge < -0.3 is 5.32 Å². The van der Waals surface area contributed by atoms with E-state index in [-0.39, 0.29) is 6.54 Å². The van der Waals surface area contributed by atoms with Crippen LogP contribution in [-0.4, -0.2) is 28.5 Å². The van der Waals surface area contributed by atoms with E-state index >= 15 is 0 Å². The second-order valence-corrected chi connectivity index (χ2v) is 8.08. The van der Waals surface area contributed by atoms with Crippen molar-refractivity contribution < 1.29 is 14.4 Å². The largest absolute Gasteiger partial charge is 0.325 e. The summed E-state index contributed by atoms with van der Waals surface area (Å²) in [5, 5.41) is 4.22. The van der Waals surface area contributed by atoms with Gasteiger partial charge in [0.2, 0.25) is 5.91 Å². The van der Waals surface area contributed by atoms with E-state index in [0.717, 1.165) is 27.1 Å².